The largest absolute Gasteiger partial charge is 0.497 e. The number of sulfone groups is 1. The Kier molecular flexibility index (Phi) is 9.55. The maximum Gasteiger partial charge on any atom is 0.306 e. The molecular formula is C23H34N2O5S. The Balaban J connectivity index is 1.93. The normalized spacial score (nSPS) is 12.5. The highest BCUT2D eigenvalue weighted by molar-refractivity contribution is 7.91. The molecule has 0 saturated heterocycles. The zero-order chi connectivity index (χ0) is 22.9. The second kappa shape index (κ2) is 11.9. The molecule has 1 aromatic heterocycles. The van der Waals surface area contributed by atoms with Crippen molar-refractivity contribution in [3.05, 3.63) is 41.6 Å². The molecule has 0 radical (unpaired) electrons. The minimum atomic E-state index is -3.68. The summed E-state index contributed by atoms with van der Waals surface area (Å²) in [5, 5.41) is 4.28. The summed E-state index contributed by atoms with van der Waals surface area (Å²) in [4.78, 5) is 12.1. The highest BCUT2D eigenvalue weighted by Crippen LogP contribution is 2.18. The zero-order valence-electron chi connectivity index (χ0n) is 19.0. The molecule has 0 fully saturated rings. The SMILES string of the molecule is CCCCC(CC)COC(=O)CCS(=O)(=O)c1nn(Cc2ccc(OC)cc2)cc1C. The van der Waals surface area contributed by atoms with Gasteiger partial charge in [-0.1, -0.05) is 45.2 Å². The van der Waals surface area contributed by atoms with Crippen molar-refractivity contribution in [3.8, 4) is 5.75 Å². The van der Waals surface area contributed by atoms with Gasteiger partial charge in [-0.2, -0.15) is 5.10 Å². The lowest BCUT2D eigenvalue weighted by atomic mass is 10.0. The highest BCUT2D eigenvalue weighted by Gasteiger charge is 2.23. The Morgan fingerprint density at radius 3 is 2.52 bits per heavy atom. The number of esters is 1. The van der Waals surface area contributed by atoms with Crippen molar-refractivity contribution in [1.82, 2.24) is 9.78 Å². The van der Waals surface area contributed by atoms with Gasteiger partial charge in [-0.05, 0) is 37.0 Å². The van der Waals surface area contributed by atoms with Crippen LogP contribution in [0.3, 0.4) is 0 Å². The number of nitrogens with zero attached hydrogens (tertiary/aromatic N) is 2. The summed E-state index contributed by atoms with van der Waals surface area (Å²) in [5.74, 6) is 0.300. The Morgan fingerprint density at radius 1 is 1.19 bits per heavy atom. The number of carbonyl (C=O) groups is 1. The lowest BCUT2D eigenvalue weighted by Gasteiger charge is -2.14. The number of benzene rings is 1. The molecule has 0 spiro atoms. The van der Waals surface area contributed by atoms with E-state index < -0.39 is 15.8 Å². The molecule has 0 amide bonds. The number of aromatic nitrogens is 2. The van der Waals surface area contributed by atoms with E-state index in [4.69, 9.17) is 9.47 Å². The fourth-order valence-corrected chi connectivity index (χ4v) is 4.71. The lowest BCUT2D eigenvalue weighted by Crippen LogP contribution is -2.18. The average Bonchev–Trinajstić information content (AvgIpc) is 3.14. The highest BCUT2D eigenvalue weighted by atomic mass is 32.2. The minimum absolute atomic E-state index is 0.0168. The van der Waals surface area contributed by atoms with Crippen molar-refractivity contribution in [2.75, 3.05) is 19.5 Å². The molecule has 0 aliphatic rings. The van der Waals surface area contributed by atoms with E-state index in [0.29, 0.717) is 24.6 Å². The summed E-state index contributed by atoms with van der Waals surface area (Å²) in [6, 6.07) is 7.51. The van der Waals surface area contributed by atoms with Crippen molar-refractivity contribution in [3.63, 3.8) is 0 Å². The van der Waals surface area contributed by atoms with Gasteiger partial charge in [0.2, 0.25) is 0 Å². The van der Waals surface area contributed by atoms with Gasteiger partial charge in [-0.15, -0.1) is 0 Å². The third-order valence-corrected chi connectivity index (χ3v) is 7.03. The van der Waals surface area contributed by atoms with Crippen molar-refractivity contribution < 1.29 is 22.7 Å². The van der Waals surface area contributed by atoms with Gasteiger partial charge in [0.05, 0.1) is 32.4 Å². The maximum atomic E-state index is 12.7. The number of methoxy groups -OCH3 is 1. The molecule has 1 unspecified atom stereocenters. The molecule has 1 aromatic carbocycles. The van der Waals surface area contributed by atoms with E-state index in [2.05, 4.69) is 18.9 Å². The van der Waals surface area contributed by atoms with Crippen LogP contribution >= 0.6 is 0 Å². The molecule has 0 aliphatic heterocycles. The van der Waals surface area contributed by atoms with E-state index >= 15 is 0 Å². The molecule has 31 heavy (non-hydrogen) atoms. The van der Waals surface area contributed by atoms with Crippen LogP contribution in [-0.4, -0.2) is 43.6 Å². The molecule has 2 aromatic rings. The summed E-state index contributed by atoms with van der Waals surface area (Å²) in [6.45, 7) is 6.71. The molecular weight excluding hydrogens is 416 g/mol. The van der Waals surface area contributed by atoms with Crippen molar-refractivity contribution in [2.24, 2.45) is 5.92 Å². The molecule has 0 aliphatic carbocycles. The van der Waals surface area contributed by atoms with Crippen molar-refractivity contribution >= 4 is 15.8 Å². The number of hydrogen-bond donors (Lipinski definition) is 0. The lowest BCUT2D eigenvalue weighted by molar-refractivity contribution is -0.144. The van der Waals surface area contributed by atoms with Gasteiger partial charge in [-0.25, -0.2) is 8.42 Å². The number of aryl methyl sites for hydroxylation is 1. The molecule has 2 rings (SSSR count). The first-order chi connectivity index (χ1) is 14.8. The first kappa shape index (κ1) is 24.9. The van der Waals surface area contributed by atoms with Crippen LogP contribution in [0.1, 0.15) is 57.1 Å². The molecule has 8 heteroatoms. The van der Waals surface area contributed by atoms with Crippen LogP contribution in [0.4, 0.5) is 0 Å². The van der Waals surface area contributed by atoms with Crippen molar-refractivity contribution in [1.29, 1.82) is 0 Å². The molecule has 7 nitrogen and oxygen atoms in total. The second-order valence-corrected chi connectivity index (χ2v) is 9.86. The van der Waals surface area contributed by atoms with E-state index in [9.17, 15) is 13.2 Å². The van der Waals surface area contributed by atoms with Gasteiger partial charge in [0.25, 0.3) is 0 Å². The summed E-state index contributed by atoms with van der Waals surface area (Å²) >= 11 is 0. The van der Waals surface area contributed by atoms with Gasteiger partial charge >= 0.3 is 5.97 Å². The third kappa shape index (κ3) is 7.69. The van der Waals surface area contributed by atoms with E-state index in [1.54, 1.807) is 24.9 Å². The quantitative estimate of drug-likeness (QED) is 0.426. The second-order valence-electron chi connectivity index (χ2n) is 7.83. The van der Waals surface area contributed by atoms with Crippen LogP contribution < -0.4 is 4.74 Å². The molecule has 0 N–H and O–H groups in total. The molecule has 172 valence electrons. The molecule has 1 heterocycles. The van der Waals surface area contributed by atoms with E-state index in [1.807, 2.05) is 24.3 Å². The maximum absolute atomic E-state index is 12.7. The first-order valence-electron chi connectivity index (χ1n) is 10.8. The van der Waals surface area contributed by atoms with Crippen molar-refractivity contribution in [2.45, 2.75) is 64.4 Å². The van der Waals surface area contributed by atoms with Crippen LogP contribution in [0.2, 0.25) is 0 Å². The zero-order valence-corrected chi connectivity index (χ0v) is 19.8. The topological polar surface area (TPSA) is 87.5 Å². The van der Waals surface area contributed by atoms with Gasteiger partial charge in [0.15, 0.2) is 14.9 Å². The van der Waals surface area contributed by atoms with E-state index in [0.717, 1.165) is 37.0 Å². The Morgan fingerprint density at radius 2 is 1.90 bits per heavy atom. The van der Waals surface area contributed by atoms with E-state index in [-0.39, 0.29) is 17.2 Å². The van der Waals surface area contributed by atoms with Gasteiger partial charge < -0.3 is 9.47 Å². The average molecular weight is 451 g/mol. The monoisotopic (exact) mass is 450 g/mol. The minimum Gasteiger partial charge on any atom is -0.497 e. The van der Waals surface area contributed by atoms with Gasteiger partial charge in [-0.3, -0.25) is 9.48 Å². The Labute approximate surface area is 185 Å². The summed E-state index contributed by atoms with van der Waals surface area (Å²) < 4.78 is 37.5. The van der Waals surface area contributed by atoms with E-state index in [1.165, 1.54) is 0 Å². The third-order valence-electron chi connectivity index (χ3n) is 5.30. The fraction of sp³-hybridized carbons (Fsp3) is 0.565. The molecule has 1 atom stereocenters. The van der Waals surface area contributed by atoms with Gasteiger partial charge in [0.1, 0.15) is 5.75 Å². The number of hydrogen-bond acceptors (Lipinski definition) is 6. The van der Waals surface area contributed by atoms with Gasteiger partial charge in [0, 0.05) is 11.8 Å². The number of carbonyl (C=O) groups excluding carboxylic acids is 1. The molecule has 0 saturated carbocycles. The predicted octanol–water partition coefficient (Wildman–Crippen LogP) is 4.17. The number of ether oxygens (including phenoxy) is 2. The number of rotatable bonds is 13. The summed E-state index contributed by atoms with van der Waals surface area (Å²) in [5.41, 5.74) is 1.54. The summed E-state index contributed by atoms with van der Waals surface area (Å²) in [7, 11) is -2.07. The van der Waals surface area contributed by atoms with Crippen LogP contribution in [0.5, 0.6) is 5.75 Å². The molecule has 0 bridgehead atoms. The Bertz CT molecular complexity index is 935. The smallest absolute Gasteiger partial charge is 0.306 e. The van der Waals surface area contributed by atoms with Crippen LogP contribution in [0, 0.1) is 12.8 Å². The number of unbranched alkanes of at least 4 members (excludes halogenated alkanes) is 1. The Hall–Kier alpha value is -2.35. The van der Waals surface area contributed by atoms with Crippen LogP contribution in [0.25, 0.3) is 0 Å². The van der Waals surface area contributed by atoms with Crippen LogP contribution in [-0.2, 0) is 25.9 Å². The predicted molar refractivity (Wildman–Crippen MR) is 120 cm³/mol. The summed E-state index contributed by atoms with van der Waals surface area (Å²) in [6.07, 6.45) is 5.70. The standard InChI is InChI=1S/C23H34N2O5S/c1-5-7-8-19(6-2)17-30-22(26)13-14-31(27,28)23-18(3)15-25(24-23)16-20-9-11-21(29-4)12-10-20/h9-12,15,19H,5-8,13-14,16-17H2,1-4H3. The van der Waals surface area contributed by atoms with Crippen LogP contribution in [0.15, 0.2) is 35.5 Å². The first-order valence-corrected chi connectivity index (χ1v) is 12.5. The fourth-order valence-electron chi connectivity index (χ4n) is 3.31.